The molecular formula is C14H15F3N2O2. The Labute approximate surface area is 120 Å². The van der Waals surface area contributed by atoms with Crippen LogP contribution in [0.4, 0.5) is 13.2 Å². The summed E-state index contributed by atoms with van der Waals surface area (Å²) < 4.78 is 43.3. The zero-order valence-corrected chi connectivity index (χ0v) is 11.9. The summed E-state index contributed by atoms with van der Waals surface area (Å²) in [5.74, 6) is -0.791. The van der Waals surface area contributed by atoms with Gasteiger partial charge in [-0.1, -0.05) is 0 Å². The molecule has 0 spiro atoms. The van der Waals surface area contributed by atoms with Crippen LogP contribution in [-0.4, -0.2) is 23.3 Å². The van der Waals surface area contributed by atoms with Gasteiger partial charge in [0.1, 0.15) is 18.2 Å². The number of aromatic nitrogens is 1. The number of alkyl halides is 3. The molecule has 0 unspecified atom stereocenters. The number of nitriles is 1. The van der Waals surface area contributed by atoms with Crippen LogP contribution in [0.15, 0.2) is 11.6 Å². The first-order valence-corrected chi connectivity index (χ1v) is 6.22. The van der Waals surface area contributed by atoms with Gasteiger partial charge in [0.2, 0.25) is 0 Å². The van der Waals surface area contributed by atoms with Gasteiger partial charge in [-0.05, 0) is 38.5 Å². The topological polar surface area (TPSA) is 55.0 Å². The first-order valence-electron chi connectivity index (χ1n) is 6.22. The van der Waals surface area contributed by atoms with Gasteiger partial charge in [-0.25, -0.2) is 4.79 Å². The lowest BCUT2D eigenvalue weighted by molar-refractivity contribution is -0.141. The number of hydrogen-bond acceptors (Lipinski definition) is 3. The van der Waals surface area contributed by atoms with E-state index in [9.17, 15) is 18.0 Å². The van der Waals surface area contributed by atoms with Gasteiger partial charge in [0.05, 0.1) is 6.61 Å². The van der Waals surface area contributed by atoms with Gasteiger partial charge in [0.15, 0.2) is 0 Å². The van der Waals surface area contributed by atoms with E-state index in [0.717, 1.165) is 4.57 Å². The highest BCUT2D eigenvalue weighted by Gasteiger charge is 2.29. The van der Waals surface area contributed by atoms with Crippen molar-refractivity contribution in [2.75, 3.05) is 6.61 Å². The highest BCUT2D eigenvalue weighted by atomic mass is 19.4. The number of hydrogen-bond donors (Lipinski definition) is 0. The van der Waals surface area contributed by atoms with E-state index < -0.39 is 18.7 Å². The molecule has 0 bridgehead atoms. The van der Waals surface area contributed by atoms with Crippen molar-refractivity contribution in [3.05, 3.63) is 28.6 Å². The van der Waals surface area contributed by atoms with Gasteiger partial charge in [-0.15, -0.1) is 0 Å². The third-order valence-electron chi connectivity index (χ3n) is 2.87. The molecule has 0 amide bonds. The van der Waals surface area contributed by atoms with E-state index in [2.05, 4.69) is 0 Å². The van der Waals surface area contributed by atoms with Crippen LogP contribution in [0.5, 0.6) is 0 Å². The van der Waals surface area contributed by atoms with E-state index in [1.165, 1.54) is 26.0 Å². The van der Waals surface area contributed by atoms with Crippen molar-refractivity contribution in [1.82, 2.24) is 4.57 Å². The minimum atomic E-state index is -4.34. The monoisotopic (exact) mass is 300 g/mol. The maximum atomic E-state index is 12.5. The van der Waals surface area contributed by atoms with E-state index in [1.807, 2.05) is 0 Å². The average Bonchev–Trinajstić information content (AvgIpc) is 2.62. The number of carbonyl (C=O) groups excluding carboxylic acids is 1. The van der Waals surface area contributed by atoms with Crippen LogP contribution in [0.25, 0.3) is 6.08 Å². The lowest BCUT2D eigenvalue weighted by Gasteiger charge is -2.12. The maximum Gasteiger partial charge on any atom is 0.406 e. The summed E-state index contributed by atoms with van der Waals surface area (Å²) in [6.45, 7) is 3.64. The van der Waals surface area contributed by atoms with Crippen molar-refractivity contribution >= 4 is 12.0 Å². The number of nitrogens with zero attached hydrogens (tertiary/aromatic N) is 2. The molecule has 4 nitrogen and oxygen atoms in total. The van der Waals surface area contributed by atoms with Crippen LogP contribution in [0.3, 0.4) is 0 Å². The summed E-state index contributed by atoms with van der Waals surface area (Å²) in [7, 11) is 0. The molecule has 0 fully saturated rings. The van der Waals surface area contributed by atoms with Crippen LogP contribution in [-0.2, 0) is 16.1 Å². The van der Waals surface area contributed by atoms with Gasteiger partial charge in [0, 0.05) is 11.4 Å². The fourth-order valence-corrected chi connectivity index (χ4v) is 1.90. The highest BCUT2D eigenvalue weighted by Crippen LogP contribution is 2.24. The Balaban J connectivity index is 3.19. The zero-order valence-electron chi connectivity index (χ0n) is 11.9. The molecule has 1 aromatic heterocycles. The largest absolute Gasteiger partial charge is 0.462 e. The van der Waals surface area contributed by atoms with E-state index in [4.69, 9.17) is 10.00 Å². The molecule has 7 heteroatoms. The molecule has 1 rings (SSSR count). The van der Waals surface area contributed by atoms with Crippen molar-refractivity contribution in [2.45, 2.75) is 33.5 Å². The Kier molecular flexibility index (Phi) is 5.19. The number of esters is 1. The second-order valence-corrected chi connectivity index (χ2v) is 4.42. The zero-order chi connectivity index (χ0) is 16.2. The van der Waals surface area contributed by atoms with Crippen molar-refractivity contribution < 1.29 is 22.7 Å². The van der Waals surface area contributed by atoms with E-state index in [-0.39, 0.29) is 12.2 Å². The molecule has 1 heterocycles. The molecule has 0 atom stereocenters. The van der Waals surface area contributed by atoms with E-state index in [1.54, 1.807) is 13.0 Å². The summed E-state index contributed by atoms with van der Waals surface area (Å²) >= 11 is 0. The molecule has 0 aliphatic heterocycles. The molecule has 0 aromatic carbocycles. The third kappa shape index (κ3) is 4.38. The first kappa shape index (κ1) is 16.8. The lowest BCUT2D eigenvalue weighted by atomic mass is 10.1. The van der Waals surface area contributed by atoms with Crippen molar-refractivity contribution in [3.8, 4) is 6.07 Å². The van der Waals surface area contributed by atoms with Crippen LogP contribution in [0.2, 0.25) is 0 Å². The Morgan fingerprint density at radius 3 is 2.57 bits per heavy atom. The van der Waals surface area contributed by atoms with Gasteiger partial charge in [-0.2, -0.15) is 18.4 Å². The summed E-state index contributed by atoms with van der Waals surface area (Å²) in [6, 6.07) is 3.19. The number of rotatable bonds is 4. The summed E-state index contributed by atoms with van der Waals surface area (Å²) in [5.41, 5.74) is 0.879. The molecular weight excluding hydrogens is 285 g/mol. The second-order valence-electron chi connectivity index (χ2n) is 4.42. The standard InChI is InChI=1S/C14H15F3N2O2/c1-4-21-13(20)12(7-18)6-11-5-9(2)19(10(11)3)8-14(15,16)17/h5-6H,4,8H2,1-3H3/b12-6+. The predicted molar refractivity (Wildman–Crippen MR) is 70.2 cm³/mol. The van der Waals surface area contributed by atoms with E-state index >= 15 is 0 Å². The molecule has 0 N–H and O–H groups in total. The predicted octanol–water partition coefficient (Wildman–Crippen LogP) is 3.14. The number of carbonyl (C=O) groups is 1. The molecule has 114 valence electrons. The third-order valence-corrected chi connectivity index (χ3v) is 2.87. The maximum absolute atomic E-state index is 12.5. The van der Waals surface area contributed by atoms with Crippen LogP contribution >= 0.6 is 0 Å². The van der Waals surface area contributed by atoms with Crippen molar-refractivity contribution in [1.29, 1.82) is 5.26 Å². The smallest absolute Gasteiger partial charge is 0.406 e. The molecule has 1 aromatic rings. The van der Waals surface area contributed by atoms with Crippen LogP contribution in [0, 0.1) is 25.2 Å². The first-order chi connectivity index (χ1) is 9.69. The van der Waals surface area contributed by atoms with Gasteiger partial charge in [0.25, 0.3) is 0 Å². The Morgan fingerprint density at radius 1 is 1.48 bits per heavy atom. The molecule has 0 saturated heterocycles. The molecule has 0 aliphatic rings. The summed E-state index contributed by atoms with van der Waals surface area (Å²) in [4.78, 5) is 11.5. The lowest BCUT2D eigenvalue weighted by Crippen LogP contribution is -2.19. The second kappa shape index (κ2) is 6.48. The van der Waals surface area contributed by atoms with Gasteiger partial charge in [-0.3, -0.25) is 0 Å². The Morgan fingerprint density at radius 2 is 2.10 bits per heavy atom. The number of aryl methyl sites for hydroxylation is 1. The normalized spacial score (nSPS) is 12.1. The summed E-state index contributed by atoms with van der Waals surface area (Å²) in [6.07, 6.45) is -3.10. The minimum absolute atomic E-state index is 0.116. The van der Waals surface area contributed by atoms with Crippen molar-refractivity contribution in [2.24, 2.45) is 0 Å². The molecule has 0 saturated carbocycles. The molecule has 0 aliphatic carbocycles. The number of ether oxygens (including phenoxy) is 1. The fourth-order valence-electron chi connectivity index (χ4n) is 1.90. The average molecular weight is 300 g/mol. The minimum Gasteiger partial charge on any atom is -0.462 e. The van der Waals surface area contributed by atoms with Gasteiger partial charge >= 0.3 is 12.1 Å². The Hall–Kier alpha value is -2.23. The molecule has 0 radical (unpaired) electrons. The van der Waals surface area contributed by atoms with Crippen LogP contribution in [0.1, 0.15) is 23.9 Å². The molecule has 21 heavy (non-hydrogen) atoms. The SMILES string of the molecule is CCOC(=O)/C(C#N)=C/c1cc(C)n(CC(F)(F)F)c1C. The van der Waals surface area contributed by atoms with Crippen molar-refractivity contribution in [3.63, 3.8) is 0 Å². The van der Waals surface area contributed by atoms with Gasteiger partial charge < -0.3 is 9.30 Å². The quantitative estimate of drug-likeness (QED) is 0.487. The van der Waals surface area contributed by atoms with Crippen LogP contribution < -0.4 is 0 Å². The highest BCUT2D eigenvalue weighted by molar-refractivity contribution is 5.98. The summed E-state index contributed by atoms with van der Waals surface area (Å²) in [5, 5.41) is 8.93. The Bertz CT molecular complexity index is 607. The van der Waals surface area contributed by atoms with E-state index in [0.29, 0.717) is 17.0 Å². The fraction of sp³-hybridized carbons (Fsp3) is 0.429. The number of halogens is 3.